The first-order valence-corrected chi connectivity index (χ1v) is 6.58. The van der Waals surface area contributed by atoms with Gasteiger partial charge < -0.3 is 10.6 Å². The van der Waals surface area contributed by atoms with Gasteiger partial charge in [0.2, 0.25) is 0 Å². The fraction of sp³-hybridized carbons (Fsp3) is 0.615. The average Bonchev–Trinajstić information content (AvgIpc) is 2.28. The Morgan fingerprint density at radius 3 is 2.65 bits per heavy atom. The van der Waals surface area contributed by atoms with Crippen LogP contribution in [-0.2, 0) is 6.54 Å². The molecule has 1 saturated heterocycles. The van der Waals surface area contributed by atoms with Gasteiger partial charge in [0.05, 0.1) is 5.02 Å². The van der Waals surface area contributed by atoms with E-state index in [4.69, 9.17) is 17.3 Å². The molecule has 0 saturated carbocycles. The summed E-state index contributed by atoms with van der Waals surface area (Å²) in [6, 6.07) is 1.89. The van der Waals surface area contributed by atoms with Crippen molar-refractivity contribution >= 4 is 17.4 Å². The zero-order valence-corrected chi connectivity index (χ0v) is 11.2. The monoisotopic (exact) mass is 253 g/mol. The lowest BCUT2D eigenvalue weighted by molar-refractivity contribution is 0.355. The lowest BCUT2D eigenvalue weighted by Crippen LogP contribution is -2.39. The van der Waals surface area contributed by atoms with Crippen molar-refractivity contribution in [3.8, 4) is 0 Å². The van der Waals surface area contributed by atoms with E-state index in [2.05, 4.69) is 23.7 Å². The zero-order valence-electron chi connectivity index (χ0n) is 10.5. The third kappa shape index (κ3) is 2.72. The van der Waals surface area contributed by atoms with Gasteiger partial charge in [-0.3, -0.25) is 0 Å². The van der Waals surface area contributed by atoms with Crippen LogP contribution in [0.2, 0.25) is 5.02 Å². The van der Waals surface area contributed by atoms with Crippen molar-refractivity contribution in [1.29, 1.82) is 0 Å². The molecule has 1 aliphatic heterocycles. The van der Waals surface area contributed by atoms with Gasteiger partial charge in [0.25, 0.3) is 0 Å². The molecule has 94 valence electrons. The van der Waals surface area contributed by atoms with Gasteiger partial charge in [0, 0.05) is 25.8 Å². The van der Waals surface area contributed by atoms with Gasteiger partial charge in [-0.15, -0.1) is 0 Å². The third-order valence-electron chi connectivity index (χ3n) is 3.34. The van der Waals surface area contributed by atoms with Gasteiger partial charge in [-0.1, -0.05) is 25.4 Å². The maximum absolute atomic E-state index is 6.35. The molecule has 2 heterocycles. The van der Waals surface area contributed by atoms with E-state index >= 15 is 0 Å². The van der Waals surface area contributed by atoms with Crippen molar-refractivity contribution < 1.29 is 0 Å². The van der Waals surface area contributed by atoms with Crippen molar-refractivity contribution in [2.24, 2.45) is 17.6 Å². The van der Waals surface area contributed by atoms with Crippen molar-refractivity contribution in [3.05, 3.63) is 22.8 Å². The SMILES string of the molecule is CC1CC(C)CN(c2nccc(CN)c2Cl)C1. The quantitative estimate of drug-likeness (QED) is 0.881. The molecular weight excluding hydrogens is 234 g/mol. The predicted molar refractivity (Wildman–Crippen MR) is 72.3 cm³/mol. The van der Waals surface area contributed by atoms with E-state index in [-0.39, 0.29) is 0 Å². The Bertz CT molecular complexity index is 384. The molecule has 1 fully saturated rings. The van der Waals surface area contributed by atoms with E-state index in [0.717, 1.165) is 29.5 Å². The van der Waals surface area contributed by atoms with E-state index in [9.17, 15) is 0 Å². The topological polar surface area (TPSA) is 42.2 Å². The molecule has 2 atom stereocenters. The van der Waals surface area contributed by atoms with Crippen LogP contribution in [0.3, 0.4) is 0 Å². The molecule has 0 amide bonds. The highest BCUT2D eigenvalue weighted by atomic mass is 35.5. The number of hydrogen-bond acceptors (Lipinski definition) is 3. The van der Waals surface area contributed by atoms with Gasteiger partial charge in [0.15, 0.2) is 0 Å². The van der Waals surface area contributed by atoms with Crippen LogP contribution < -0.4 is 10.6 Å². The zero-order chi connectivity index (χ0) is 12.4. The first kappa shape index (κ1) is 12.7. The molecule has 4 heteroatoms. The lowest BCUT2D eigenvalue weighted by Gasteiger charge is -2.36. The minimum absolute atomic E-state index is 0.466. The van der Waals surface area contributed by atoms with Crippen LogP contribution in [-0.4, -0.2) is 18.1 Å². The van der Waals surface area contributed by atoms with Gasteiger partial charge in [-0.25, -0.2) is 4.98 Å². The van der Waals surface area contributed by atoms with E-state index in [1.54, 1.807) is 6.20 Å². The van der Waals surface area contributed by atoms with E-state index in [1.807, 2.05) is 6.07 Å². The Hall–Kier alpha value is -0.800. The molecule has 2 N–H and O–H groups in total. The van der Waals surface area contributed by atoms with Crippen molar-refractivity contribution in [1.82, 2.24) is 4.98 Å². The minimum atomic E-state index is 0.466. The summed E-state index contributed by atoms with van der Waals surface area (Å²) in [4.78, 5) is 6.71. The van der Waals surface area contributed by atoms with Crippen LogP contribution in [0.4, 0.5) is 5.82 Å². The Morgan fingerprint density at radius 1 is 1.41 bits per heavy atom. The first-order valence-electron chi connectivity index (χ1n) is 6.20. The highest BCUT2D eigenvalue weighted by molar-refractivity contribution is 6.33. The second-order valence-electron chi connectivity index (χ2n) is 5.16. The third-order valence-corrected chi connectivity index (χ3v) is 3.75. The number of hydrogen-bond donors (Lipinski definition) is 1. The molecule has 0 bridgehead atoms. The van der Waals surface area contributed by atoms with Gasteiger partial charge in [-0.2, -0.15) is 0 Å². The fourth-order valence-electron chi connectivity index (χ4n) is 2.69. The standard InChI is InChI=1S/C13H20ClN3/c1-9-5-10(2)8-17(7-9)13-12(14)11(6-15)3-4-16-13/h3-4,9-10H,5-8,15H2,1-2H3. The maximum atomic E-state index is 6.35. The summed E-state index contributed by atoms with van der Waals surface area (Å²) in [5.41, 5.74) is 6.65. The molecule has 0 spiro atoms. The van der Waals surface area contributed by atoms with Crippen LogP contribution in [0.25, 0.3) is 0 Å². The minimum Gasteiger partial charge on any atom is -0.355 e. The summed E-state index contributed by atoms with van der Waals surface area (Å²) >= 11 is 6.35. The molecule has 1 aromatic rings. The number of nitrogens with zero attached hydrogens (tertiary/aromatic N) is 2. The summed E-state index contributed by atoms with van der Waals surface area (Å²) in [7, 11) is 0. The number of nitrogens with two attached hydrogens (primary N) is 1. The van der Waals surface area contributed by atoms with E-state index in [1.165, 1.54) is 6.42 Å². The summed E-state index contributed by atoms with van der Waals surface area (Å²) < 4.78 is 0. The Labute approximate surface area is 108 Å². The van der Waals surface area contributed by atoms with Crippen LogP contribution in [0.15, 0.2) is 12.3 Å². The summed E-state index contributed by atoms with van der Waals surface area (Å²) in [6.45, 7) is 7.09. The largest absolute Gasteiger partial charge is 0.355 e. The van der Waals surface area contributed by atoms with Gasteiger partial charge >= 0.3 is 0 Å². The predicted octanol–water partition coefficient (Wildman–Crippen LogP) is 2.68. The smallest absolute Gasteiger partial charge is 0.147 e. The molecule has 1 aliphatic rings. The van der Waals surface area contributed by atoms with E-state index < -0.39 is 0 Å². The van der Waals surface area contributed by atoms with Gasteiger partial charge in [-0.05, 0) is 29.9 Å². The van der Waals surface area contributed by atoms with Crippen LogP contribution in [0.5, 0.6) is 0 Å². The molecule has 0 radical (unpaired) electrons. The second-order valence-corrected chi connectivity index (χ2v) is 5.54. The molecule has 2 unspecified atom stereocenters. The highest BCUT2D eigenvalue weighted by Crippen LogP contribution is 2.31. The Kier molecular flexibility index (Phi) is 3.89. The van der Waals surface area contributed by atoms with Crippen molar-refractivity contribution in [3.63, 3.8) is 0 Å². The second kappa shape index (κ2) is 5.23. The number of pyridine rings is 1. The fourth-order valence-corrected chi connectivity index (χ4v) is 2.99. The summed E-state index contributed by atoms with van der Waals surface area (Å²) in [5, 5.41) is 0.719. The Balaban J connectivity index is 2.27. The molecular formula is C13H20ClN3. The average molecular weight is 254 g/mol. The number of piperidine rings is 1. The van der Waals surface area contributed by atoms with Crippen LogP contribution in [0.1, 0.15) is 25.8 Å². The summed E-state index contributed by atoms with van der Waals surface area (Å²) in [5.74, 6) is 2.28. The molecule has 1 aromatic heterocycles. The molecule has 17 heavy (non-hydrogen) atoms. The Morgan fingerprint density at radius 2 is 2.06 bits per heavy atom. The highest BCUT2D eigenvalue weighted by Gasteiger charge is 2.24. The van der Waals surface area contributed by atoms with Crippen molar-refractivity contribution in [2.75, 3.05) is 18.0 Å². The number of anilines is 1. The first-order chi connectivity index (χ1) is 8.11. The summed E-state index contributed by atoms with van der Waals surface area (Å²) in [6.07, 6.45) is 3.08. The maximum Gasteiger partial charge on any atom is 0.147 e. The molecule has 2 rings (SSSR count). The molecule has 0 aliphatic carbocycles. The number of rotatable bonds is 2. The van der Waals surface area contributed by atoms with Crippen molar-refractivity contribution in [2.45, 2.75) is 26.8 Å². The normalized spacial score (nSPS) is 25.1. The number of halogens is 1. The van der Waals surface area contributed by atoms with Gasteiger partial charge in [0.1, 0.15) is 5.82 Å². The number of aromatic nitrogens is 1. The molecule has 0 aromatic carbocycles. The van der Waals surface area contributed by atoms with E-state index in [0.29, 0.717) is 18.4 Å². The lowest BCUT2D eigenvalue weighted by atomic mass is 9.92. The van der Waals surface area contributed by atoms with Crippen LogP contribution >= 0.6 is 11.6 Å². The van der Waals surface area contributed by atoms with Crippen LogP contribution in [0, 0.1) is 11.8 Å². The molecule has 3 nitrogen and oxygen atoms in total.